The quantitative estimate of drug-likeness (QED) is 0.678. The molecule has 2 aromatic rings. The Hall–Kier alpha value is -1.92. The molecule has 1 unspecified atom stereocenters. The summed E-state index contributed by atoms with van der Waals surface area (Å²) in [6.45, 7) is 2.25. The zero-order chi connectivity index (χ0) is 14.7. The van der Waals surface area contributed by atoms with Gasteiger partial charge in [-0.05, 0) is 23.8 Å². The van der Waals surface area contributed by atoms with Crippen LogP contribution in [0.3, 0.4) is 0 Å². The molecule has 1 aromatic carbocycles. The highest BCUT2D eigenvalue weighted by Crippen LogP contribution is 2.39. The lowest BCUT2D eigenvalue weighted by Gasteiger charge is -2.19. The number of nitro groups is 1. The van der Waals surface area contributed by atoms with Crippen molar-refractivity contribution >= 4 is 21.3 Å². The number of nitrogens with zero attached hydrogens (tertiary/aromatic N) is 2. The number of anilines is 1. The van der Waals surface area contributed by atoms with Crippen LogP contribution in [0.1, 0.15) is 24.2 Å². The van der Waals surface area contributed by atoms with Gasteiger partial charge in [0.1, 0.15) is 5.00 Å². The van der Waals surface area contributed by atoms with Gasteiger partial charge in [-0.25, -0.2) is 0 Å². The zero-order valence-electron chi connectivity index (χ0n) is 11.3. The van der Waals surface area contributed by atoms with E-state index in [0.29, 0.717) is 12.1 Å². The summed E-state index contributed by atoms with van der Waals surface area (Å²) in [5.41, 5.74) is 1.71. The van der Waals surface area contributed by atoms with Gasteiger partial charge in [-0.2, -0.15) is 0 Å². The number of aliphatic hydroxyl groups excluding tert-OH is 1. The highest BCUT2D eigenvalue weighted by atomic mass is 32.1. The fourth-order valence-corrected chi connectivity index (χ4v) is 3.03. The van der Waals surface area contributed by atoms with Crippen molar-refractivity contribution in [2.45, 2.75) is 19.6 Å². The maximum absolute atomic E-state index is 10.9. The summed E-state index contributed by atoms with van der Waals surface area (Å²) in [6.07, 6.45) is -0.729. The smallest absolute Gasteiger partial charge is 0.326 e. The minimum absolute atomic E-state index is 0.0517. The first kappa shape index (κ1) is 14.5. The van der Waals surface area contributed by atoms with E-state index in [2.05, 4.69) is 0 Å². The van der Waals surface area contributed by atoms with Crippen molar-refractivity contribution in [3.63, 3.8) is 0 Å². The van der Waals surface area contributed by atoms with Crippen LogP contribution in [0.4, 0.5) is 10.0 Å². The molecule has 0 saturated carbocycles. The topological polar surface area (TPSA) is 66.6 Å². The Morgan fingerprint density at radius 2 is 2.05 bits per heavy atom. The van der Waals surface area contributed by atoms with E-state index in [1.165, 1.54) is 6.07 Å². The van der Waals surface area contributed by atoms with E-state index in [1.807, 2.05) is 42.3 Å². The van der Waals surface area contributed by atoms with Crippen LogP contribution in [0.2, 0.25) is 0 Å². The Morgan fingerprint density at radius 3 is 2.60 bits per heavy atom. The summed E-state index contributed by atoms with van der Waals surface area (Å²) in [4.78, 5) is 12.4. The van der Waals surface area contributed by atoms with Gasteiger partial charge in [0.05, 0.1) is 11.0 Å². The van der Waals surface area contributed by atoms with Crippen LogP contribution >= 0.6 is 11.3 Å². The lowest BCUT2D eigenvalue weighted by atomic mass is 10.2. The number of benzene rings is 1. The number of aliphatic hydroxyl groups is 1. The SMILES string of the molecule is CC(O)c1cc([N+](=O)[O-])sc1N(C)Cc1ccccc1. The summed E-state index contributed by atoms with van der Waals surface area (Å²) < 4.78 is 0. The molecule has 0 aliphatic rings. The van der Waals surface area contributed by atoms with Crippen molar-refractivity contribution in [2.24, 2.45) is 0 Å². The highest BCUT2D eigenvalue weighted by molar-refractivity contribution is 7.19. The molecule has 0 aliphatic carbocycles. The molecule has 0 amide bonds. The molecule has 0 aliphatic heterocycles. The van der Waals surface area contributed by atoms with Gasteiger partial charge in [-0.1, -0.05) is 30.3 Å². The maximum atomic E-state index is 10.9. The summed E-state index contributed by atoms with van der Waals surface area (Å²) in [5.74, 6) is 0. The van der Waals surface area contributed by atoms with Gasteiger partial charge in [0.2, 0.25) is 0 Å². The van der Waals surface area contributed by atoms with E-state index in [0.717, 1.165) is 21.9 Å². The van der Waals surface area contributed by atoms with Gasteiger partial charge in [-0.15, -0.1) is 0 Å². The lowest BCUT2D eigenvalue weighted by Crippen LogP contribution is -2.16. The molecule has 106 valence electrons. The van der Waals surface area contributed by atoms with Crippen LogP contribution in [-0.2, 0) is 6.54 Å². The monoisotopic (exact) mass is 292 g/mol. The molecule has 1 atom stereocenters. The summed E-state index contributed by atoms with van der Waals surface area (Å²) in [5, 5.41) is 21.4. The van der Waals surface area contributed by atoms with E-state index in [9.17, 15) is 15.2 Å². The van der Waals surface area contributed by atoms with Gasteiger partial charge in [0.25, 0.3) is 0 Å². The van der Waals surface area contributed by atoms with E-state index < -0.39 is 11.0 Å². The molecule has 20 heavy (non-hydrogen) atoms. The summed E-state index contributed by atoms with van der Waals surface area (Å²) in [7, 11) is 1.87. The number of hydrogen-bond acceptors (Lipinski definition) is 5. The predicted molar refractivity (Wildman–Crippen MR) is 80.2 cm³/mol. The lowest BCUT2D eigenvalue weighted by molar-refractivity contribution is -0.380. The fourth-order valence-electron chi connectivity index (χ4n) is 2.00. The second-order valence-electron chi connectivity index (χ2n) is 4.62. The molecule has 0 saturated heterocycles. The third-order valence-corrected chi connectivity index (χ3v) is 4.18. The average molecular weight is 292 g/mol. The molecule has 0 radical (unpaired) electrons. The molecule has 0 spiro atoms. The van der Waals surface area contributed by atoms with Crippen LogP contribution in [0.25, 0.3) is 0 Å². The Kier molecular flexibility index (Phi) is 4.36. The Bertz CT molecular complexity index is 596. The zero-order valence-corrected chi connectivity index (χ0v) is 12.1. The number of rotatable bonds is 5. The first-order valence-electron chi connectivity index (χ1n) is 6.20. The molecule has 1 heterocycles. The van der Waals surface area contributed by atoms with Crippen molar-refractivity contribution in [2.75, 3.05) is 11.9 Å². The first-order chi connectivity index (χ1) is 9.49. The van der Waals surface area contributed by atoms with Crippen LogP contribution in [0.15, 0.2) is 36.4 Å². The Labute approximate surface area is 121 Å². The van der Waals surface area contributed by atoms with Crippen molar-refractivity contribution in [3.05, 3.63) is 57.6 Å². The van der Waals surface area contributed by atoms with Gasteiger partial charge in [0, 0.05) is 25.2 Å². The molecule has 6 heteroatoms. The van der Waals surface area contributed by atoms with Crippen LogP contribution in [-0.4, -0.2) is 17.1 Å². The van der Waals surface area contributed by atoms with Crippen molar-refractivity contribution in [1.29, 1.82) is 0 Å². The Balaban J connectivity index is 2.28. The molecule has 2 rings (SSSR count). The van der Waals surface area contributed by atoms with Crippen molar-refractivity contribution in [3.8, 4) is 0 Å². The molecule has 1 aromatic heterocycles. The molecule has 1 N–H and O–H groups in total. The normalized spacial score (nSPS) is 12.2. The highest BCUT2D eigenvalue weighted by Gasteiger charge is 2.22. The molecule has 0 bridgehead atoms. The van der Waals surface area contributed by atoms with Crippen molar-refractivity contribution in [1.82, 2.24) is 0 Å². The first-order valence-corrected chi connectivity index (χ1v) is 7.02. The standard InChI is InChI=1S/C14H16N2O3S/c1-10(17)12-8-13(16(18)19)20-14(12)15(2)9-11-6-4-3-5-7-11/h3-8,10,17H,9H2,1-2H3. The van der Waals surface area contributed by atoms with E-state index in [1.54, 1.807) is 6.92 Å². The van der Waals surface area contributed by atoms with Crippen LogP contribution in [0.5, 0.6) is 0 Å². The number of thiophene rings is 1. The molecular weight excluding hydrogens is 276 g/mol. The van der Waals surface area contributed by atoms with E-state index in [-0.39, 0.29) is 5.00 Å². The summed E-state index contributed by atoms with van der Waals surface area (Å²) >= 11 is 1.09. The van der Waals surface area contributed by atoms with Gasteiger partial charge in [0.15, 0.2) is 0 Å². The predicted octanol–water partition coefficient (Wildman–Crippen LogP) is 3.35. The van der Waals surface area contributed by atoms with Crippen LogP contribution in [0, 0.1) is 10.1 Å². The Morgan fingerprint density at radius 1 is 1.40 bits per heavy atom. The minimum atomic E-state index is -0.729. The van der Waals surface area contributed by atoms with Crippen molar-refractivity contribution < 1.29 is 10.0 Å². The second kappa shape index (κ2) is 6.02. The van der Waals surface area contributed by atoms with Crippen LogP contribution < -0.4 is 4.90 Å². The minimum Gasteiger partial charge on any atom is -0.389 e. The fraction of sp³-hybridized carbons (Fsp3) is 0.286. The van der Waals surface area contributed by atoms with Gasteiger partial charge in [-0.3, -0.25) is 10.1 Å². The average Bonchev–Trinajstić information content (AvgIpc) is 2.85. The third-order valence-electron chi connectivity index (χ3n) is 2.97. The maximum Gasteiger partial charge on any atom is 0.326 e. The largest absolute Gasteiger partial charge is 0.389 e. The second-order valence-corrected chi connectivity index (χ2v) is 5.63. The molecule has 0 fully saturated rings. The molecule has 5 nitrogen and oxygen atoms in total. The number of hydrogen-bond donors (Lipinski definition) is 1. The van der Waals surface area contributed by atoms with E-state index in [4.69, 9.17) is 0 Å². The van der Waals surface area contributed by atoms with Gasteiger partial charge < -0.3 is 10.0 Å². The third kappa shape index (κ3) is 3.15. The van der Waals surface area contributed by atoms with E-state index >= 15 is 0 Å². The molecular formula is C14H16N2O3S. The summed E-state index contributed by atoms with van der Waals surface area (Å²) in [6, 6.07) is 11.3. The van der Waals surface area contributed by atoms with Gasteiger partial charge >= 0.3 is 5.00 Å².